The van der Waals surface area contributed by atoms with Gasteiger partial charge in [-0.1, -0.05) is 54.4 Å². The van der Waals surface area contributed by atoms with Gasteiger partial charge in [0, 0.05) is 57.2 Å². The van der Waals surface area contributed by atoms with Gasteiger partial charge in [-0.25, -0.2) is 26.0 Å². The molecule has 4 aromatic carbocycles. The van der Waals surface area contributed by atoms with Crippen LogP contribution in [0.25, 0.3) is 0 Å². The molecule has 0 aromatic heterocycles. The minimum Gasteiger partial charge on any atom is -0.488 e. The molecule has 10 rings (SSSR count). The van der Waals surface area contributed by atoms with Crippen molar-refractivity contribution in [3.8, 4) is 11.5 Å². The number of fused-ring (bicyclic) bond motifs is 10. The monoisotopic (exact) mass is 935 g/mol. The number of rotatable bonds is 5. The summed E-state index contributed by atoms with van der Waals surface area (Å²) >= 11 is 12.1. The van der Waals surface area contributed by atoms with E-state index < -0.39 is 66.4 Å². The summed E-state index contributed by atoms with van der Waals surface area (Å²) in [6, 6.07) is 17.3. The smallest absolute Gasteiger partial charge is 0.282 e. The summed E-state index contributed by atoms with van der Waals surface area (Å²) in [6.45, 7) is 2.63. The van der Waals surface area contributed by atoms with Crippen LogP contribution in [0.3, 0.4) is 0 Å². The first kappa shape index (κ1) is 43.8. The average Bonchev–Trinajstić information content (AvgIpc) is 3.24. The minimum absolute atomic E-state index is 0.0106. The van der Waals surface area contributed by atoms with Gasteiger partial charge in [0.05, 0.1) is 17.8 Å². The number of ether oxygens (including phenoxy) is 2. The summed E-state index contributed by atoms with van der Waals surface area (Å²) in [7, 11) is -7.26. The lowest BCUT2D eigenvalue weighted by Crippen LogP contribution is -2.69. The largest absolute Gasteiger partial charge is 0.488 e. The molecule has 6 aliphatic rings. The van der Waals surface area contributed by atoms with E-state index in [0.29, 0.717) is 74.5 Å². The highest BCUT2D eigenvalue weighted by molar-refractivity contribution is 7.89. The molecule has 0 amide bonds. The molecule has 9 nitrogen and oxygen atoms in total. The molecule has 6 atom stereocenters. The normalized spacial score (nSPS) is 29.7. The molecule has 17 heteroatoms. The van der Waals surface area contributed by atoms with Crippen molar-refractivity contribution in [2.75, 3.05) is 32.1 Å². The van der Waals surface area contributed by atoms with Gasteiger partial charge in [-0.15, -0.1) is 0 Å². The fourth-order valence-electron chi connectivity index (χ4n) is 11.4. The summed E-state index contributed by atoms with van der Waals surface area (Å²) in [5.41, 5.74) is 0.228. The Hall–Kier alpha value is -3.44. The highest BCUT2D eigenvalue weighted by Crippen LogP contribution is 2.55. The molecule has 4 aromatic rings. The van der Waals surface area contributed by atoms with E-state index in [0.717, 1.165) is 41.8 Å². The predicted octanol–water partition coefficient (Wildman–Crippen LogP) is 8.74. The first-order chi connectivity index (χ1) is 29.6. The molecule has 0 spiro atoms. The van der Waals surface area contributed by atoms with Crippen LogP contribution in [0.2, 0.25) is 10.0 Å². The third-order valence-electron chi connectivity index (χ3n) is 14.1. The van der Waals surface area contributed by atoms with Gasteiger partial charge in [0.2, 0.25) is 10.0 Å². The summed E-state index contributed by atoms with van der Waals surface area (Å²) in [5.74, 6) is -2.49. The molecule has 62 heavy (non-hydrogen) atoms. The van der Waals surface area contributed by atoms with Crippen LogP contribution >= 0.6 is 23.2 Å². The zero-order valence-corrected chi connectivity index (χ0v) is 37.2. The minimum atomic E-state index is -3.76. The number of halogens is 6. The number of nitrogens with zero attached hydrogens (tertiary/aromatic N) is 3. The Morgan fingerprint density at radius 1 is 0.629 bits per heavy atom. The first-order valence-corrected chi connectivity index (χ1v) is 24.9. The lowest BCUT2D eigenvalue weighted by Gasteiger charge is -2.57. The molecule has 6 aliphatic heterocycles. The molecule has 0 saturated carbocycles. The van der Waals surface area contributed by atoms with Crippen LogP contribution in [0.5, 0.6) is 11.5 Å². The Labute approximate surface area is 370 Å². The maximum absolute atomic E-state index is 15.3. The van der Waals surface area contributed by atoms with Crippen LogP contribution in [0.1, 0.15) is 74.1 Å². The van der Waals surface area contributed by atoms with E-state index in [1.165, 1.54) is 8.61 Å². The highest BCUT2D eigenvalue weighted by atomic mass is 35.5. The molecule has 0 bridgehead atoms. The number of sulfonamides is 1. The quantitative estimate of drug-likeness (QED) is 0.186. The Bertz CT molecular complexity index is 2590. The number of benzene rings is 4. The molecule has 0 aliphatic carbocycles. The molecule has 6 heterocycles. The summed E-state index contributed by atoms with van der Waals surface area (Å²) in [4.78, 5) is 0. The van der Waals surface area contributed by atoms with E-state index in [9.17, 15) is 25.6 Å². The maximum Gasteiger partial charge on any atom is 0.282 e. The van der Waals surface area contributed by atoms with Gasteiger partial charge in [-0.05, 0) is 117 Å². The second-order valence-corrected chi connectivity index (χ2v) is 22.0. The van der Waals surface area contributed by atoms with Crippen molar-refractivity contribution >= 4 is 43.4 Å². The van der Waals surface area contributed by atoms with Crippen molar-refractivity contribution < 1.29 is 43.9 Å². The fraction of sp³-hybridized carbons (Fsp3) is 0.467. The van der Waals surface area contributed by atoms with E-state index in [1.807, 2.05) is 31.2 Å². The SMILES string of the molecule is CCN1CC[C@@H]2CC[C@@]3(Cc4ccc(Cl)cc4)c4c(F)ccc(F)c4OC[C@H]3N2S1(=O)=O.O=S1(=O)CCC[C@@H]2CC[C@@]3(Cc4ccc(Cl)cc4)c4c(F)ccc(F)c4OC[C@H]3N21. The second kappa shape index (κ2) is 16.5. The van der Waals surface area contributed by atoms with Crippen LogP contribution in [-0.4, -0.2) is 86.0 Å². The number of hydrogen-bond donors (Lipinski definition) is 0. The van der Waals surface area contributed by atoms with Gasteiger partial charge in [-0.3, -0.25) is 0 Å². The zero-order chi connectivity index (χ0) is 43.8. The van der Waals surface area contributed by atoms with Crippen LogP contribution in [0.4, 0.5) is 17.6 Å². The van der Waals surface area contributed by atoms with Crippen LogP contribution in [0.15, 0.2) is 72.8 Å². The predicted molar refractivity (Wildman–Crippen MR) is 228 cm³/mol. The lowest BCUT2D eigenvalue weighted by atomic mass is 9.63. The summed E-state index contributed by atoms with van der Waals surface area (Å²) < 4.78 is 129. The van der Waals surface area contributed by atoms with Crippen molar-refractivity contribution in [1.82, 2.24) is 12.9 Å². The lowest BCUT2D eigenvalue weighted by molar-refractivity contribution is 0.0125. The second-order valence-electron chi connectivity index (χ2n) is 17.3. The molecular formula is C45H47Cl2F4N3O6S2. The van der Waals surface area contributed by atoms with Crippen molar-refractivity contribution in [3.05, 3.63) is 128 Å². The van der Waals surface area contributed by atoms with E-state index in [2.05, 4.69) is 0 Å². The van der Waals surface area contributed by atoms with Crippen molar-refractivity contribution in [3.63, 3.8) is 0 Å². The Balaban J connectivity index is 0.000000158. The Morgan fingerprint density at radius 2 is 1.08 bits per heavy atom. The Kier molecular flexibility index (Phi) is 11.7. The third kappa shape index (κ3) is 7.31. The van der Waals surface area contributed by atoms with Crippen LogP contribution < -0.4 is 9.47 Å². The van der Waals surface area contributed by atoms with E-state index in [-0.39, 0.29) is 53.7 Å². The Morgan fingerprint density at radius 3 is 1.56 bits per heavy atom. The van der Waals surface area contributed by atoms with Gasteiger partial charge in [0.25, 0.3) is 10.2 Å². The molecule has 4 fully saturated rings. The van der Waals surface area contributed by atoms with Crippen molar-refractivity contribution in [2.24, 2.45) is 0 Å². The standard InChI is InChI=1S/C23H25ClF2N2O3S.C22H22ClF2NO3S/c1-2-27-12-10-17-9-11-23(13-15-3-5-16(24)6-4-15)20(28(17)32(27,29)30)14-31-22-19(26)8-7-18(25)21(22)23;23-15-5-3-14(4-6-15)12-22-10-9-16-2-1-11-30(27,28)26(16)19(22)13-29-21-18(25)8-7-17(24)20(21)22/h3-8,17,20H,2,9-14H2,1H3;3-8,16,19H,1-2,9-13H2/t17-,20+,23-;16-,19-,22+/m01/s1. The van der Waals surface area contributed by atoms with Crippen molar-refractivity contribution in [2.45, 2.75) is 99.7 Å². The summed E-state index contributed by atoms with van der Waals surface area (Å²) in [6.07, 6.45) is 5.15. The van der Waals surface area contributed by atoms with Gasteiger partial charge in [0.15, 0.2) is 23.1 Å². The van der Waals surface area contributed by atoms with E-state index in [4.69, 9.17) is 32.7 Å². The molecular weight excluding hydrogens is 890 g/mol. The van der Waals surface area contributed by atoms with Gasteiger partial charge < -0.3 is 9.47 Å². The molecule has 0 N–H and O–H groups in total. The van der Waals surface area contributed by atoms with Crippen LogP contribution in [0, 0.1) is 23.3 Å². The first-order valence-electron chi connectivity index (χ1n) is 21.1. The number of hydrogen-bond acceptors (Lipinski definition) is 6. The summed E-state index contributed by atoms with van der Waals surface area (Å²) in [5, 5.41) is 1.16. The molecule has 332 valence electrons. The molecule has 0 radical (unpaired) electrons. The number of piperidine rings is 2. The van der Waals surface area contributed by atoms with Crippen LogP contribution in [-0.2, 0) is 43.9 Å². The highest BCUT2D eigenvalue weighted by Gasteiger charge is 2.60. The van der Waals surface area contributed by atoms with E-state index in [1.54, 1.807) is 28.6 Å². The fourth-order valence-corrected chi connectivity index (χ4v) is 15.8. The molecule has 0 unspecified atom stereocenters. The van der Waals surface area contributed by atoms with Gasteiger partial charge in [-0.2, -0.15) is 21.3 Å². The van der Waals surface area contributed by atoms with E-state index >= 15 is 8.78 Å². The van der Waals surface area contributed by atoms with Gasteiger partial charge >= 0.3 is 0 Å². The van der Waals surface area contributed by atoms with Crippen molar-refractivity contribution in [1.29, 1.82) is 0 Å². The topological polar surface area (TPSA) is 96.5 Å². The maximum atomic E-state index is 15.3. The third-order valence-corrected chi connectivity index (χ3v) is 18.8. The van der Waals surface area contributed by atoms with Gasteiger partial charge in [0.1, 0.15) is 24.8 Å². The molecule has 4 saturated heterocycles. The average molecular weight is 937 g/mol. The zero-order valence-electron chi connectivity index (χ0n) is 34.0.